The minimum Gasteiger partial charge on any atom is -0.492 e. The Morgan fingerprint density at radius 2 is 1.68 bits per heavy atom. The summed E-state index contributed by atoms with van der Waals surface area (Å²) in [6, 6.07) is 28.9. The zero-order chi connectivity index (χ0) is 34.5. The molecule has 1 unspecified atom stereocenters. The lowest BCUT2D eigenvalue weighted by atomic mass is 10.0. The van der Waals surface area contributed by atoms with Gasteiger partial charge in [0.25, 0.3) is 0 Å². The van der Waals surface area contributed by atoms with Gasteiger partial charge in [0.15, 0.2) is 4.96 Å². The fraction of sp³-hybridized carbons (Fsp3) is 0.275. The van der Waals surface area contributed by atoms with E-state index in [1.54, 1.807) is 11.3 Å². The first-order valence-electron chi connectivity index (χ1n) is 17.0. The Kier molecular flexibility index (Phi) is 10.2. The fourth-order valence-electron chi connectivity index (χ4n) is 6.44. The maximum Gasteiger partial charge on any atom is 0.247 e. The summed E-state index contributed by atoms with van der Waals surface area (Å²) in [6.45, 7) is 9.05. The van der Waals surface area contributed by atoms with E-state index in [4.69, 9.17) is 14.5 Å². The number of morpholine rings is 1. The molecular formula is C40H41N5O4S. The Morgan fingerprint density at radius 3 is 2.44 bits per heavy atom. The predicted octanol–water partition coefficient (Wildman–Crippen LogP) is 6.45. The first-order chi connectivity index (χ1) is 24.4. The molecule has 256 valence electrons. The van der Waals surface area contributed by atoms with E-state index in [-0.39, 0.29) is 18.2 Å². The van der Waals surface area contributed by atoms with Crippen molar-refractivity contribution >= 4 is 44.0 Å². The van der Waals surface area contributed by atoms with Gasteiger partial charge in [0.05, 0.1) is 35.5 Å². The number of nitrogens with one attached hydrogen (secondary N) is 2. The van der Waals surface area contributed by atoms with E-state index in [9.17, 15) is 9.59 Å². The van der Waals surface area contributed by atoms with Gasteiger partial charge in [-0.15, -0.1) is 0 Å². The molecule has 7 rings (SSSR count). The standard InChI is InChI=1S/C40H41N5O4S/c1-27-20-28(2)22-30(21-27)24-38(46)42-34(23-29-6-4-3-5-7-29)39(47)41-32-10-8-31(9-11-32)35-26-45-36-13-12-33(25-37(36)50-40(45)43-35)49-19-16-44-14-17-48-18-15-44/h3-13,20-22,25-26,34H,14-19,23-24H2,1-2H3,(H,41,47)(H,42,46). The first-order valence-corrected chi connectivity index (χ1v) is 17.8. The third-order valence-electron chi connectivity index (χ3n) is 8.87. The molecule has 4 aromatic carbocycles. The molecule has 0 aliphatic carbocycles. The highest BCUT2D eigenvalue weighted by Gasteiger charge is 2.22. The van der Waals surface area contributed by atoms with E-state index in [1.807, 2.05) is 92.8 Å². The van der Waals surface area contributed by atoms with Crippen LogP contribution in [0.2, 0.25) is 0 Å². The van der Waals surface area contributed by atoms with E-state index in [0.717, 1.165) is 87.3 Å². The molecule has 3 heterocycles. The second-order valence-corrected chi connectivity index (χ2v) is 13.9. The molecule has 1 fully saturated rings. The van der Waals surface area contributed by atoms with Crippen LogP contribution in [-0.4, -0.2) is 71.6 Å². The maximum absolute atomic E-state index is 13.6. The molecule has 6 aromatic rings. The average molecular weight is 688 g/mol. The molecule has 9 nitrogen and oxygen atoms in total. The van der Waals surface area contributed by atoms with Gasteiger partial charge in [0, 0.05) is 43.5 Å². The Bertz CT molecular complexity index is 2080. The molecule has 0 spiro atoms. The lowest BCUT2D eigenvalue weighted by Crippen LogP contribution is -2.45. The summed E-state index contributed by atoms with van der Waals surface area (Å²) in [5.74, 6) is 0.398. The number of hydrogen-bond donors (Lipinski definition) is 2. The topological polar surface area (TPSA) is 97.2 Å². The van der Waals surface area contributed by atoms with Gasteiger partial charge in [-0.25, -0.2) is 4.98 Å². The van der Waals surface area contributed by atoms with Gasteiger partial charge in [-0.2, -0.15) is 0 Å². The van der Waals surface area contributed by atoms with Crippen molar-refractivity contribution in [3.05, 3.63) is 119 Å². The Hall–Kier alpha value is -5.03. The average Bonchev–Trinajstić information content (AvgIpc) is 3.67. The molecule has 0 saturated carbocycles. The smallest absolute Gasteiger partial charge is 0.247 e. The summed E-state index contributed by atoms with van der Waals surface area (Å²) in [5, 5.41) is 6.00. The van der Waals surface area contributed by atoms with E-state index < -0.39 is 6.04 Å². The minimum atomic E-state index is -0.737. The van der Waals surface area contributed by atoms with E-state index in [1.165, 1.54) is 0 Å². The summed E-state index contributed by atoms with van der Waals surface area (Å²) >= 11 is 1.63. The number of amides is 2. The van der Waals surface area contributed by atoms with E-state index in [0.29, 0.717) is 18.7 Å². The lowest BCUT2D eigenvalue weighted by Gasteiger charge is -2.26. The highest BCUT2D eigenvalue weighted by atomic mass is 32.1. The van der Waals surface area contributed by atoms with Crippen LogP contribution in [0.4, 0.5) is 5.69 Å². The maximum atomic E-state index is 13.6. The summed E-state index contributed by atoms with van der Waals surface area (Å²) in [6.07, 6.45) is 2.63. The number of ether oxygens (including phenoxy) is 2. The molecule has 1 aliphatic rings. The van der Waals surface area contributed by atoms with Crippen LogP contribution in [-0.2, 0) is 27.2 Å². The summed E-state index contributed by atoms with van der Waals surface area (Å²) in [7, 11) is 0. The van der Waals surface area contributed by atoms with E-state index in [2.05, 4.69) is 38.1 Å². The Balaban J connectivity index is 1.00. The number of imidazole rings is 1. The van der Waals surface area contributed by atoms with Crippen LogP contribution in [0.25, 0.3) is 26.4 Å². The van der Waals surface area contributed by atoms with Crippen LogP contribution in [0, 0.1) is 13.8 Å². The fourth-order valence-corrected chi connectivity index (χ4v) is 7.48. The number of thiazole rings is 1. The van der Waals surface area contributed by atoms with Crippen molar-refractivity contribution in [2.45, 2.75) is 32.7 Å². The highest BCUT2D eigenvalue weighted by Crippen LogP contribution is 2.32. The quantitative estimate of drug-likeness (QED) is 0.154. The zero-order valence-corrected chi connectivity index (χ0v) is 29.2. The third kappa shape index (κ3) is 8.22. The van der Waals surface area contributed by atoms with E-state index >= 15 is 0 Å². The van der Waals surface area contributed by atoms with Gasteiger partial charge in [0.2, 0.25) is 11.8 Å². The molecule has 2 aromatic heterocycles. The molecule has 1 aliphatic heterocycles. The number of anilines is 1. The summed E-state index contributed by atoms with van der Waals surface area (Å²) in [5.41, 5.74) is 7.62. The summed E-state index contributed by atoms with van der Waals surface area (Å²) < 4.78 is 14.7. The Morgan fingerprint density at radius 1 is 0.920 bits per heavy atom. The van der Waals surface area contributed by atoms with Gasteiger partial charge in [0.1, 0.15) is 18.4 Å². The molecule has 2 amide bonds. The highest BCUT2D eigenvalue weighted by molar-refractivity contribution is 7.23. The Labute approximate surface area is 295 Å². The van der Waals surface area contributed by atoms with Crippen LogP contribution in [0.5, 0.6) is 5.75 Å². The summed E-state index contributed by atoms with van der Waals surface area (Å²) in [4.78, 5) is 34.9. The van der Waals surface area contributed by atoms with Crippen molar-refractivity contribution in [1.82, 2.24) is 19.6 Å². The molecule has 1 saturated heterocycles. The van der Waals surface area contributed by atoms with Crippen LogP contribution in [0.15, 0.2) is 97.2 Å². The van der Waals surface area contributed by atoms with Crippen molar-refractivity contribution in [2.24, 2.45) is 0 Å². The third-order valence-corrected chi connectivity index (χ3v) is 9.89. The number of nitrogens with zero attached hydrogens (tertiary/aromatic N) is 3. The largest absolute Gasteiger partial charge is 0.492 e. The van der Waals surface area contributed by atoms with Crippen LogP contribution in [0.3, 0.4) is 0 Å². The number of aryl methyl sites for hydroxylation is 2. The SMILES string of the molecule is Cc1cc(C)cc(CC(=O)NC(Cc2ccccc2)C(=O)Nc2ccc(-c3cn4c(n3)sc3cc(OCCN5CCOCC5)ccc34)cc2)c1. The number of benzene rings is 4. The van der Waals surface area contributed by atoms with Gasteiger partial charge in [-0.05, 0) is 55.3 Å². The predicted molar refractivity (Wildman–Crippen MR) is 199 cm³/mol. The number of rotatable bonds is 12. The van der Waals surface area contributed by atoms with Gasteiger partial charge in [-0.3, -0.25) is 18.9 Å². The van der Waals surface area contributed by atoms with Crippen molar-refractivity contribution in [3.63, 3.8) is 0 Å². The second kappa shape index (κ2) is 15.2. The molecule has 50 heavy (non-hydrogen) atoms. The van der Waals surface area contributed by atoms with Crippen molar-refractivity contribution in [2.75, 3.05) is 44.8 Å². The lowest BCUT2D eigenvalue weighted by molar-refractivity contribution is -0.126. The minimum absolute atomic E-state index is 0.193. The van der Waals surface area contributed by atoms with Crippen LogP contribution in [0.1, 0.15) is 22.3 Å². The number of hydrogen-bond acceptors (Lipinski definition) is 7. The van der Waals surface area contributed by atoms with Crippen molar-refractivity contribution < 1.29 is 19.1 Å². The number of fused-ring (bicyclic) bond motifs is 3. The van der Waals surface area contributed by atoms with Crippen molar-refractivity contribution in [3.8, 4) is 17.0 Å². The van der Waals surface area contributed by atoms with Gasteiger partial charge >= 0.3 is 0 Å². The molecule has 2 N–H and O–H groups in total. The number of aromatic nitrogens is 2. The molecule has 10 heteroatoms. The molecule has 0 bridgehead atoms. The number of carbonyl (C=O) groups is 2. The second-order valence-electron chi connectivity index (χ2n) is 12.9. The molecule has 1 atom stereocenters. The normalized spacial score (nSPS) is 14.1. The number of carbonyl (C=O) groups excluding carboxylic acids is 2. The van der Waals surface area contributed by atoms with Crippen LogP contribution < -0.4 is 15.4 Å². The zero-order valence-electron chi connectivity index (χ0n) is 28.4. The van der Waals surface area contributed by atoms with Gasteiger partial charge in [-0.1, -0.05) is 83.1 Å². The van der Waals surface area contributed by atoms with Gasteiger partial charge < -0.3 is 20.1 Å². The molecule has 0 radical (unpaired) electrons. The monoisotopic (exact) mass is 687 g/mol. The molecular weight excluding hydrogens is 647 g/mol. The van der Waals surface area contributed by atoms with Crippen LogP contribution >= 0.6 is 11.3 Å². The first kappa shape index (κ1) is 33.5. The van der Waals surface area contributed by atoms with Crippen molar-refractivity contribution in [1.29, 1.82) is 0 Å².